The largest absolute Gasteiger partial charge is 0.387 e. The third-order valence-corrected chi connectivity index (χ3v) is 3.71. The Morgan fingerprint density at radius 1 is 1.42 bits per heavy atom. The number of rotatable bonds is 5. The maximum atomic E-state index is 11.0. The standard InChI is InChI=1S/C15H22N2O2/c16-15(19)9-12-5-4-8-17(10-12)11-14(18)13-6-2-1-3-7-13/h1-3,6-7,12,14,18H,4-5,8-11H2,(H2,16,19). The van der Waals surface area contributed by atoms with Gasteiger partial charge < -0.3 is 15.7 Å². The third kappa shape index (κ3) is 4.33. The first-order valence-electron chi connectivity index (χ1n) is 6.89. The number of hydrogen-bond donors (Lipinski definition) is 2. The van der Waals surface area contributed by atoms with E-state index in [9.17, 15) is 9.90 Å². The molecule has 0 aromatic heterocycles. The molecule has 1 aromatic rings. The number of primary amides is 1. The summed E-state index contributed by atoms with van der Waals surface area (Å²) in [5, 5.41) is 10.2. The minimum absolute atomic E-state index is 0.226. The van der Waals surface area contributed by atoms with Crippen molar-refractivity contribution in [2.24, 2.45) is 11.7 Å². The topological polar surface area (TPSA) is 66.6 Å². The molecule has 0 radical (unpaired) electrons. The molecule has 19 heavy (non-hydrogen) atoms. The second kappa shape index (κ2) is 6.68. The lowest BCUT2D eigenvalue weighted by molar-refractivity contribution is -0.119. The van der Waals surface area contributed by atoms with Gasteiger partial charge in [0.25, 0.3) is 0 Å². The number of β-amino-alcohol motifs (C(OH)–C–C–N with tert-alkyl or cyclic N) is 1. The van der Waals surface area contributed by atoms with Crippen LogP contribution in [0.1, 0.15) is 30.9 Å². The predicted octanol–water partition coefficient (Wildman–Crippen LogP) is 1.31. The van der Waals surface area contributed by atoms with Crippen molar-refractivity contribution < 1.29 is 9.90 Å². The molecule has 1 aliphatic heterocycles. The van der Waals surface area contributed by atoms with Crippen LogP contribution in [0.25, 0.3) is 0 Å². The van der Waals surface area contributed by atoms with Gasteiger partial charge in [0.15, 0.2) is 0 Å². The van der Waals surface area contributed by atoms with E-state index in [0.717, 1.165) is 31.5 Å². The Balaban J connectivity index is 1.86. The number of piperidine rings is 1. The second-order valence-electron chi connectivity index (χ2n) is 5.36. The van der Waals surface area contributed by atoms with Gasteiger partial charge in [0.05, 0.1) is 6.10 Å². The molecule has 1 fully saturated rings. The van der Waals surface area contributed by atoms with Crippen LogP contribution >= 0.6 is 0 Å². The van der Waals surface area contributed by atoms with Crippen molar-refractivity contribution in [3.8, 4) is 0 Å². The molecule has 0 spiro atoms. The monoisotopic (exact) mass is 262 g/mol. The average molecular weight is 262 g/mol. The van der Waals surface area contributed by atoms with Gasteiger partial charge in [0.2, 0.25) is 5.91 Å². The number of likely N-dealkylation sites (tertiary alicyclic amines) is 1. The Morgan fingerprint density at radius 3 is 2.84 bits per heavy atom. The first-order valence-corrected chi connectivity index (χ1v) is 6.89. The number of carbonyl (C=O) groups is 1. The molecule has 0 saturated carbocycles. The van der Waals surface area contributed by atoms with E-state index in [-0.39, 0.29) is 5.91 Å². The summed E-state index contributed by atoms with van der Waals surface area (Å²) in [5.74, 6) is 0.115. The van der Waals surface area contributed by atoms with Gasteiger partial charge in [-0.1, -0.05) is 30.3 Å². The van der Waals surface area contributed by atoms with E-state index in [0.29, 0.717) is 18.9 Å². The molecule has 2 rings (SSSR count). The second-order valence-corrected chi connectivity index (χ2v) is 5.36. The highest BCUT2D eigenvalue weighted by molar-refractivity contribution is 5.74. The highest BCUT2D eigenvalue weighted by Gasteiger charge is 2.23. The smallest absolute Gasteiger partial charge is 0.217 e. The van der Waals surface area contributed by atoms with Gasteiger partial charge in [-0.2, -0.15) is 0 Å². The predicted molar refractivity (Wildman–Crippen MR) is 74.4 cm³/mol. The molecule has 0 bridgehead atoms. The average Bonchev–Trinajstić information content (AvgIpc) is 2.39. The Bertz CT molecular complexity index is 408. The number of hydrogen-bond acceptors (Lipinski definition) is 3. The minimum Gasteiger partial charge on any atom is -0.387 e. The number of nitrogens with two attached hydrogens (primary N) is 1. The van der Waals surface area contributed by atoms with E-state index in [2.05, 4.69) is 4.90 Å². The fourth-order valence-corrected chi connectivity index (χ4v) is 2.79. The Labute approximate surface area is 114 Å². The summed E-state index contributed by atoms with van der Waals surface area (Å²) in [6.45, 7) is 2.46. The van der Waals surface area contributed by atoms with Crippen molar-refractivity contribution in [3.05, 3.63) is 35.9 Å². The van der Waals surface area contributed by atoms with Crippen molar-refractivity contribution in [2.75, 3.05) is 19.6 Å². The van der Waals surface area contributed by atoms with Gasteiger partial charge in [0.1, 0.15) is 0 Å². The molecule has 2 atom stereocenters. The van der Waals surface area contributed by atoms with E-state index in [4.69, 9.17) is 5.73 Å². The van der Waals surface area contributed by atoms with Crippen molar-refractivity contribution >= 4 is 5.91 Å². The van der Waals surface area contributed by atoms with Crippen LogP contribution in [-0.4, -0.2) is 35.5 Å². The summed E-state index contributed by atoms with van der Waals surface area (Å²) in [6.07, 6.45) is 2.12. The van der Waals surface area contributed by atoms with Crippen LogP contribution in [0.5, 0.6) is 0 Å². The molecule has 104 valence electrons. The number of nitrogens with zero attached hydrogens (tertiary/aromatic N) is 1. The summed E-state index contributed by atoms with van der Waals surface area (Å²) in [6, 6.07) is 9.69. The molecule has 1 amide bonds. The van der Waals surface area contributed by atoms with Gasteiger partial charge in [-0.25, -0.2) is 0 Å². The fourth-order valence-electron chi connectivity index (χ4n) is 2.79. The summed E-state index contributed by atoms with van der Waals surface area (Å²) in [4.78, 5) is 13.2. The van der Waals surface area contributed by atoms with Crippen LogP contribution in [0.15, 0.2) is 30.3 Å². The zero-order valence-corrected chi connectivity index (χ0v) is 11.2. The maximum Gasteiger partial charge on any atom is 0.217 e. The molecule has 0 aliphatic carbocycles. The van der Waals surface area contributed by atoms with Crippen molar-refractivity contribution in [1.29, 1.82) is 0 Å². The van der Waals surface area contributed by atoms with Crippen molar-refractivity contribution in [2.45, 2.75) is 25.4 Å². The summed E-state index contributed by atoms with van der Waals surface area (Å²) in [7, 11) is 0. The van der Waals surface area contributed by atoms with Gasteiger partial charge >= 0.3 is 0 Å². The van der Waals surface area contributed by atoms with Gasteiger partial charge in [0, 0.05) is 19.5 Å². The molecule has 3 N–H and O–H groups in total. The lowest BCUT2D eigenvalue weighted by Crippen LogP contribution is -2.39. The Kier molecular flexibility index (Phi) is 4.93. The summed E-state index contributed by atoms with van der Waals surface area (Å²) in [5.41, 5.74) is 6.20. The number of benzene rings is 1. The van der Waals surface area contributed by atoms with E-state index >= 15 is 0 Å². The molecular formula is C15H22N2O2. The molecular weight excluding hydrogens is 240 g/mol. The quantitative estimate of drug-likeness (QED) is 0.840. The number of carbonyl (C=O) groups excluding carboxylic acids is 1. The zero-order chi connectivity index (χ0) is 13.7. The van der Waals surface area contributed by atoms with Crippen molar-refractivity contribution in [3.63, 3.8) is 0 Å². The fraction of sp³-hybridized carbons (Fsp3) is 0.533. The molecule has 1 aromatic carbocycles. The molecule has 4 heteroatoms. The number of aliphatic hydroxyl groups excluding tert-OH is 1. The highest BCUT2D eigenvalue weighted by Crippen LogP contribution is 2.22. The van der Waals surface area contributed by atoms with Gasteiger partial charge in [-0.15, -0.1) is 0 Å². The number of amides is 1. The zero-order valence-electron chi connectivity index (χ0n) is 11.2. The van der Waals surface area contributed by atoms with Crippen LogP contribution in [0.2, 0.25) is 0 Å². The van der Waals surface area contributed by atoms with E-state index in [1.165, 1.54) is 0 Å². The maximum absolute atomic E-state index is 11.0. The third-order valence-electron chi connectivity index (χ3n) is 3.71. The lowest BCUT2D eigenvalue weighted by Gasteiger charge is -2.33. The van der Waals surface area contributed by atoms with E-state index < -0.39 is 6.10 Å². The van der Waals surface area contributed by atoms with Gasteiger partial charge in [-0.3, -0.25) is 4.79 Å². The highest BCUT2D eigenvalue weighted by atomic mass is 16.3. The first-order chi connectivity index (χ1) is 9.15. The molecule has 1 aliphatic rings. The normalized spacial score (nSPS) is 22.1. The van der Waals surface area contributed by atoms with Crippen molar-refractivity contribution in [1.82, 2.24) is 4.90 Å². The first kappa shape index (κ1) is 14.0. The lowest BCUT2D eigenvalue weighted by atomic mass is 9.94. The Hall–Kier alpha value is -1.39. The van der Waals surface area contributed by atoms with Crippen LogP contribution in [0.4, 0.5) is 0 Å². The van der Waals surface area contributed by atoms with Crippen LogP contribution in [0.3, 0.4) is 0 Å². The summed E-state index contributed by atoms with van der Waals surface area (Å²) >= 11 is 0. The number of aliphatic hydroxyl groups is 1. The van der Waals surface area contributed by atoms with E-state index in [1.54, 1.807) is 0 Å². The molecule has 2 unspecified atom stereocenters. The molecule has 4 nitrogen and oxygen atoms in total. The molecule has 1 saturated heterocycles. The minimum atomic E-state index is -0.464. The Morgan fingerprint density at radius 2 is 2.16 bits per heavy atom. The van der Waals surface area contributed by atoms with Crippen LogP contribution in [-0.2, 0) is 4.79 Å². The van der Waals surface area contributed by atoms with Gasteiger partial charge in [-0.05, 0) is 30.9 Å². The summed E-state index contributed by atoms with van der Waals surface area (Å²) < 4.78 is 0. The van der Waals surface area contributed by atoms with E-state index in [1.807, 2.05) is 30.3 Å². The molecule has 1 heterocycles. The SMILES string of the molecule is NC(=O)CC1CCCN(CC(O)c2ccccc2)C1. The van der Waals surface area contributed by atoms with Crippen LogP contribution in [0, 0.1) is 5.92 Å². The van der Waals surface area contributed by atoms with Crippen LogP contribution < -0.4 is 5.73 Å².